The van der Waals surface area contributed by atoms with Gasteiger partial charge in [-0.2, -0.15) is 0 Å². The fraction of sp³-hybridized carbons (Fsp3) is 0.400. The summed E-state index contributed by atoms with van der Waals surface area (Å²) in [7, 11) is 0. The van der Waals surface area contributed by atoms with Crippen molar-refractivity contribution < 1.29 is 4.74 Å². The number of hydrogen-bond donors (Lipinski definition) is 0. The molecule has 0 N–H and O–H groups in total. The van der Waals surface area contributed by atoms with E-state index in [0.29, 0.717) is 6.61 Å². The molecule has 2 nitrogen and oxygen atoms in total. The van der Waals surface area contributed by atoms with Crippen molar-refractivity contribution in [3.63, 3.8) is 0 Å². The van der Waals surface area contributed by atoms with Gasteiger partial charge in [0.25, 0.3) is 0 Å². The second-order valence-corrected chi connectivity index (χ2v) is 7.60. The van der Waals surface area contributed by atoms with E-state index in [9.17, 15) is 0 Å². The van der Waals surface area contributed by atoms with E-state index < -0.39 is 0 Å². The summed E-state index contributed by atoms with van der Waals surface area (Å²) in [5.41, 5.74) is 3.81. The Morgan fingerprint density at radius 2 is 1.92 bits per heavy atom. The SMILES string of the molecule is CCN(CC)CCSC1c2ccccc2COc2ccc(Cl)cc21. The van der Waals surface area contributed by atoms with Crippen LogP contribution in [0.5, 0.6) is 5.75 Å². The largest absolute Gasteiger partial charge is 0.489 e. The molecule has 3 rings (SSSR count). The minimum absolute atomic E-state index is 0.271. The van der Waals surface area contributed by atoms with Crippen LogP contribution in [0.15, 0.2) is 42.5 Å². The Morgan fingerprint density at radius 1 is 1.12 bits per heavy atom. The summed E-state index contributed by atoms with van der Waals surface area (Å²) < 4.78 is 6.05. The van der Waals surface area contributed by atoms with Gasteiger partial charge in [-0.15, -0.1) is 11.8 Å². The minimum Gasteiger partial charge on any atom is -0.489 e. The molecule has 2 aromatic carbocycles. The van der Waals surface area contributed by atoms with E-state index >= 15 is 0 Å². The number of halogens is 1. The lowest BCUT2D eigenvalue weighted by Gasteiger charge is -2.22. The Balaban J connectivity index is 1.89. The first-order valence-corrected chi connectivity index (χ1v) is 9.99. The highest BCUT2D eigenvalue weighted by atomic mass is 35.5. The van der Waals surface area contributed by atoms with Crippen molar-refractivity contribution >= 4 is 23.4 Å². The van der Waals surface area contributed by atoms with Crippen LogP contribution in [0, 0.1) is 0 Å². The van der Waals surface area contributed by atoms with Crippen LogP contribution in [0.3, 0.4) is 0 Å². The molecule has 0 saturated heterocycles. The van der Waals surface area contributed by atoms with Gasteiger partial charge < -0.3 is 9.64 Å². The molecule has 128 valence electrons. The van der Waals surface area contributed by atoms with Gasteiger partial charge in [-0.1, -0.05) is 49.7 Å². The van der Waals surface area contributed by atoms with Gasteiger partial charge in [-0.25, -0.2) is 0 Å². The summed E-state index contributed by atoms with van der Waals surface area (Å²) in [6.07, 6.45) is 0. The molecule has 0 fully saturated rings. The van der Waals surface area contributed by atoms with Crippen molar-refractivity contribution in [3.05, 3.63) is 64.2 Å². The summed E-state index contributed by atoms with van der Waals surface area (Å²) in [5.74, 6) is 2.04. The summed E-state index contributed by atoms with van der Waals surface area (Å²) in [5, 5.41) is 1.04. The minimum atomic E-state index is 0.271. The fourth-order valence-electron chi connectivity index (χ4n) is 3.12. The van der Waals surface area contributed by atoms with E-state index in [4.69, 9.17) is 16.3 Å². The first kappa shape index (κ1) is 17.7. The molecule has 2 aromatic rings. The van der Waals surface area contributed by atoms with Crippen molar-refractivity contribution in [2.45, 2.75) is 25.7 Å². The normalized spacial score (nSPS) is 16.2. The third kappa shape index (κ3) is 3.90. The molecule has 1 aliphatic heterocycles. The van der Waals surface area contributed by atoms with Crippen molar-refractivity contribution in [2.24, 2.45) is 0 Å². The molecule has 0 spiro atoms. The zero-order valence-corrected chi connectivity index (χ0v) is 15.9. The van der Waals surface area contributed by atoms with Crippen LogP contribution in [0.1, 0.15) is 35.8 Å². The predicted molar refractivity (Wildman–Crippen MR) is 104 cm³/mol. The van der Waals surface area contributed by atoms with Crippen LogP contribution in [0.2, 0.25) is 5.02 Å². The molecule has 1 heterocycles. The molecule has 0 amide bonds. The molecule has 0 saturated carbocycles. The molecule has 4 heteroatoms. The topological polar surface area (TPSA) is 12.5 Å². The maximum Gasteiger partial charge on any atom is 0.124 e. The van der Waals surface area contributed by atoms with E-state index in [1.807, 2.05) is 23.9 Å². The van der Waals surface area contributed by atoms with Crippen molar-refractivity contribution in [1.29, 1.82) is 0 Å². The number of fused-ring (bicyclic) bond motifs is 2. The number of hydrogen-bond acceptors (Lipinski definition) is 3. The fourth-order valence-corrected chi connectivity index (χ4v) is 4.67. The van der Waals surface area contributed by atoms with Gasteiger partial charge in [0.2, 0.25) is 0 Å². The molecule has 0 aromatic heterocycles. The molecule has 1 atom stereocenters. The monoisotopic (exact) mass is 361 g/mol. The van der Waals surface area contributed by atoms with Crippen LogP contribution in [-0.4, -0.2) is 30.3 Å². The Labute approximate surface area is 154 Å². The van der Waals surface area contributed by atoms with Crippen LogP contribution < -0.4 is 4.74 Å². The van der Waals surface area contributed by atoms with Crippen molar-refractivity contribution in [3.8, 4) is 5.75 Å². The summed E-state index contributed by atoms with van der Waals surface area (Å²) in [6.45, 7) is 8.37. The second kappa shape index (κ2) is 8.28. The quantitative estimate of drug-likeness (QED) is 0.683. The average molecular weight is 362 g/mol. The average Bonchev–Trinajstić information content (AvgIpc) is 2.76. The van der Waals surface area contributed by atoms with Gasteiger partial charge in [0.15, 0.2) is 0 Å². The van der Waals surface area contributed by atoms with Gasteiger partial charge in [-0.3, -0.25) is 0 Å². The van der Waals surface area contributed by atoms with Gasteiger partial charge in [-0.05, 0) is 42.4 Å². The van der Waals surface area contributed by atoms with Crippen LogP contribution in [0.25, 0.3) is 0 Å². The van der Waals surface area contributed by atoms with Crippen LogP contribution in [-0.2, 0) is 6.61 Å². The Bertz CT molecular complexity index is 687. The highest BCUT2D eigenvalue weighted by Crippen LogP contribution is 2.44. The van der Waals surface area contributed by atoms with Crippen LogP contribution >= 0.6 is 23.4 Å². The van der Waals surface area contributed by atoms with Crippen molar-refractivity contribution in [2.75, 3.05) is 25.4 Å². The standard InChI is InChI=1S/C20H24ClNOS/c1-3-22(4-2)11-12-24-20-17-8-6-5-7-15(17)14-23-19-10-9-16(21)13-18(19)20/h5-10,13,20H,3-4,11-12,14H2,1-2H3. The zero-order chi connectivity index (χ0) is 16.9. The van der Waals surface area contributed by atoms with Gasteiger partial charge in [0.1, 0.15) is 12.4 Å². The molecule has 0 aliphatic carbocycles. The maximum atomic E-state index is 6.28. The first-order valence-electron chi connectivity index (χ1n) is 8.57. The molecular formula is C20H24ClNOS. The van der Waals surface area contributed by atoms with E-state index in [1.54, 1.807) is 0 Å². The van der Waals surface area contributed by atoms with Gasteiger partial charge in [0.05, 0.1) is 5.25 Å². The third-order valence-corrected chi connectivity index (χ3v) is 6.06. The number of benzene rings is 2. The number of ether oxygens (including phenoxy) is 1. The molecule has 1 unspecified atom stereocenters. The highest BCUT2D eigenvalue weighted by molar-refractivity contribution is 7.99. The third-order valence-electron chi connectivity index (χ3n) is 4.56. The molecule has 0 bridgehead atoms. The smallest absolute Gasteiger partial charge is 0.124 e. The lowest BCUT2D eigenvalue weighted by atomic mass is 10.00. The van der Waals surface area contributed by atoms with Gasteiger partial charge >= 0.3 is 0 Å². The van der Waals surface area contributed by atoms with E-state index in [1.165, 1.54) is 16.7 Å². The Kier molecular flexibility index (Phi) is 6.09. The zero-order valence-electron chi connectivity index (χ0n) is 14.3. The predicted octanol–water partition coefficient (Wildman–Crippen LogP) is 5.40. The second-order valence-electron chi connectivity index (χ2n) is 5.95. The molecular weight excluding hydrogens is 338 g/mol. The molecule has 24 heavy (non-hydrogen) atoms. The van der Waals surface area contributed by atoms with E-state index in [0.717, 1.165) is 36.2 Å². The highest BCUT2D eigenvalue weighted by Gasteiger charge is 2.25. The number of thioether (sulfide) groups is 1. The van der Waals surface area contributed by atoms with E-state index in [2.05, 4.69) is 49.1 Å². The Hall–Kier alpha value is -1.16. The Morgan fingerprint density at radius 3 is 2.71 bits per heavy atom. The van der Waals surface area contributed by atoms with E-state index in [-0.39, 0.29) is 5.25 Å². The maximum absolute atomic E-state index is 6.28. The summed E-state index contributed by atoms with van der Waals surface area (Å²) in [6, 6.07) is 14.6. The summed E-state index contributed by atoms with van der Waals surface area (Å²) in [4.78, 5) is 2.46. The lowest BCUT2D eigenvalue weighted by Crippen LogP contribution is -2.25. The molecule has 0 radical (unpaired) electrons. The lowest BCUT2D eigenvalue weighted by molar-refractivity contribution is 0.307. The van der Waals surface area contributed by atoms with Crippen molar-refractivity contribution in [1.82, 2.24) is 4.90 Å². The van der Waals surface area contributed by atoms with Gasteiger partial charge in [0, 0.05) is 22.9 Å². The first-order chi connectivity index (χ1) is 11.7. The number of nitrogens with zero attached hydrogens (tertiary/aromatic N) is 1. The number of rotatable bonds is 6. The van der Waals surface area contributed by atoms with Crippen LogP contribution in [0.4, 0.5) is 0 Å². The molecule has 1 aliphatic rings. The summed E-state index contributed by atoms with van der Waals surface area (Å²) >= 11 is 8.26.